The quantitative estimate of drug-likeness (QED) is 0.109. The molecule has 0 radical (unpaired) electrons. The van der Waals surface area contributed by atoms with Gasteiger partial charge in [-0.3, -0.25) is 9.59 Å². The minimum atomic E-state index is -0.602. The van der Waals surface area contributed by atoms with E-state index in [1.807, 2.05) is 42.5 Å². The van der Waals surface area contributed by atoms with E-state index in [0.717, 1.165) is 16.7 Å². The molecular weight excluding hydrogens is 654 g/mol. The molecule has 12 heteroatoms. The first-order chi connectivity index (χ1) is 24.9. The summed E-state index contributed by atoms with van der Waals surface area (Å²) in [5.41, 5.74) is 4.46. The summed E-state index contributed by atoms with van der Waals surface area (Å²) in [6.07, 6.45) is 5.14. The first-order valence-electron chi connectivity index (χ1n) is 16.4. The largest absolute Gasteiger partial charge is 0.502 e. The lowest BCUT2D eigenvalue weighted by Gasteiger charge is -2.39. The summed E-state index contributed by atoms with van der Waals surface area (Å²) < 4.78 is 36.0. The predicted octanol–water partition coefficient (Wildman–Crippen LogP) is 5.73. The topological polar surface area (TPSA) is 140 Å². The molecule has 4 aromatic carbocycles. The standard InChI is InChI=1S/C39H33N3O9/c1-46-33-14-24(15-34(47-2)38(33)44)35-27-16-31-32(51-21-50-31)17-28(27)37(29-20-49-39(45)36(29)35)42-18-25(40-41-42)19-48-26-11-9-23(10-12-26)30(43)13-8-22-6-4-3-5-7-22/h3-18,29,35-37,44H,19-21H2,1-2H3/b13-8+/t29-,35+,36-,37+/m0/s1. The van der Waals surface area contributed by atoms with Crippen molar-refractivity contribution >= 4 is 17.8 Å². The third kappa shape index (κ3) is 5.88. The number of esters is 1. The molecule has 0 saturated carbocycles. The molecule has 258 valence electrons. The molecule has 3 heterocycles. The molecule has 1 N–H and O–H groups in total. The zero-order chi connectivity index (χ0) is 35.1. The number of aromatic nitrogens is 3. The summed E-state index contributed by atoms with van der Waals surface area (Å²) in [5, 5.41) is 19.5. The number of fused-ring (bicyclic) bond motifs is 3. The van der Waals surface area contributed by atoms with Crippen LogP contribution in [0.25, 0.3) is 6.08 Å². The van der Waals surface area contributed by atoms with Crippen molar-refractivity contribution in [1.29, 1.82) is 0 Å². The molecular formula is C39H33N3O9. The molecule has 0 bridgehead atoms. The number of rotatable bonds is 10. The Morgan fingerprint density at radius 1 is 0.941 bits per heavy atom. The first-order valence-corrected chi connectivity index (χ1v) is 16.4. The number of phenolic OH excluding ortho intramolecular Hbond substituents is 1. The van der Waals surface area contributed by atoms with Gasteiger partial charge in [0.25, 0.3) is 0 Å². The highest BCUT2D eigenvalue weighted by Gasteiger charge is 2.53. The Hall–Kier alpha value is -6.30. The Kier molecular flexibility index (Phi) is 8.26. The van der Waals surface area contributed by atoms with Crippen LogP contribution < -0.4 is 23.7 Å². The smallest absolute Gasteiger partial charge is 0.310 e. The third-order valence-electron chi connectivity index (χ3n) is 9.60. The maximum Gasteiger partial charge on any atom is 0.310 e. The summed E-state index contributed by atoms with van der Waals surface area (Å²) in [6.45, 7) is 0.372. The van der Waals surface area contributed by atoms with Gasteiger partial charge in [0.1, 0.15) is 18.1 Å². The van der Waals surface area contributed by atoms with E-state index in [4.69, 9.17) is 28.4 Å². The number of aromatic hydroxyl groups is 1. The normalized spacial score (nSPS) is 20.1. The number of nitrogens with zero attached hydrogens (tertiary/aromatic N) is 3. The van der Waals surface area contributed by atoms with Crippen LogP contribution in [0.3, 0.4) is 0 Å². The van der Waals surface area contributed by atoms with Gasteiger partial charge in [-0.2, -0.15) is 0 Å². The van der Waals surface area contributed by atoms with E-state index >= 15 is 0 Å². The molecule has 4 atom stereocenters. The number of cyclic esters (lactones) is 1. The molecule has 51 heavy (non-hydrogen) atoms. The van der Waals surface area contributed by atoms with Crippen LogP contribution in [0.15, 0.2) is 91.1 Å². The lowest BCUT2D eigenvalue weighted by molar-refractivity contribution is -0.141. The predicted molar refractivity (Wildman–Crippen MR) is 182 cm³/mol. The summed E-state index contributed by atoms with van der Waals surface area (Å²) in [4.78, 5) is 26.2. The average Bonchev–Trinajstić information content (AvgIpc) is 3.92. The molecule has 1 aromatic heterocycles. The van der Waals surface area contributed by atoms with Crippen molar-refractivity contribution in [3.05, 3.63) is 125 Å². The van der Waals surface area contributed by atoms with E-state index in [9.17, 15) is 14.7 Å². The summed E-state index contributed by atoms with van der Waals surface area (Å²) in [7, 11) is 2.92. The van der Waals surface area contributed by atoms with Crippen molar-refractivity contribution in [2.75, 3.05) is 27.6 Å². The monoisotopic (exact) mass is 687 g/mol. The number of ether oxygens (including phenoxy) is 6. The second kappa shape index (κ2) is 13.2. The van der Waals surface area contributed by atoms with Gasteiger partial charge in [0.05, 0.1) is 39.0 Å². The minimum absolute atomic E-state index is 0.0770. The van der Waals surface area contributed by atoms with Crippen molar-refractivity contribution in [3.8, 4) is 34.5 Å². The van der Waals surface area contributed by atoms with Gasteiger partial charge in [-0.05, 0) is 76.9 Å². The second-order valence-corrected chi connectivity index (χ2v) is 12.5. The van der Waals surface area contributed by atoms with E-state index in [2.05, 4.69) is 10.3 Å². The van der Waals surface area contributed by atoms with Crippen LogP contribution in [0.2, 0.25) is 0 Å². The minimum Gasteiger partial charge on any atom is -0.502 e. The van der Waals surface area contributed by atoms with Gasteiger partial charge in [-0.1, -0.05) is 41.6 Å². The number of hydrogen-bond acceptors (Lipinski definition) is 11. The Labute approximate surface area is 292 Å². The highest BCUT2D eigenvalue weighted by atomic mass is 16.7. The van der Waals surface area contributed by atoms with Crippen LogP contribution in [0.5, 0.6) is 34.5 Å². The van der Waals surface area contributed by atoms with E-state index in [1.165, 1.54) is 14.2 Å². The SMILES string of the molecule is COc1cc([C@@H]2c3cc4c(cc3[C@@H](n3cc(COc5ccc(C(=O)/C=C/c6ccccc6)cc5)nn3)[C@H]3COC(=O)[C@H]23)OCO4)cc(OC)c1O. The van der Waals surface area contributed by atoms with Crippen molar-refractivity contribution < 1.29 is 43.1 Å². The Morgan fingerprint density at radius 2 is 1.65 bits per heavy atom. The molecule has 0 spiro atoms. The van der Waals surface area contributed by atoms with Crippen LogP contribution in [0, 0.1) is 11.8 Å². The summed E-state index contributed by atoms with van der Waals surface area (Å²) >= 11 is 0. The van der Waals surface area contributed by atoms with Crippen LogP contribution >= 0.6 is 0 Å². The Balaban J connectivity index is 1.07. The maximum absolute atomic E-state index is 13.5. The number of phenols is 1. The molecule has 8 rings (SSSR count). The van der Waals surface area contributed by atoms with Crippen molar-refractivity contribution in [3.63, 3.8) is 0 Å². The zero-order valence-corrected chi connectivity index (χ0v) is 27.7. The van der Waals surface area contributed by atoms with E-state index in [0.29, 0.717) is 34.1 Å². The van der Waals surface area contributed by atoms with E-state index in [-0.39, 0.29) is 54.9 Å². The van der Waals surface area contributed by atoms with Crippen LogP contribution in [-0.4, -0.2) is 59.5 Å². The lowest BCUT2D eigenvalue weighted by atomic mass is 9.65. The highest BCUT2D eigenvalue weighted by Crippen LogP contribution is 2.56. The number of benzene rings is 4. The van der Waals surface area contributed by atoms with Gasteiger partial charge in [0, 0.05) is 17.4 Å². The fourth-order valence-electron chi connectivity index (χ4n) is 7.19. The summed E-state index contributed by atoms with van der Waals surface area (Å²) in [6, 6.07) is 23.4. The van der Waals surface area contributed by atoms with E-state index in [1.54, 1.807) is 59.4 Å². The number of ketones is 1. The number of allylic oxidation sites excluding steroid dienone is 1. The average molecular weight is 688 g/mol. The van der Waals surface area contributed by atoms with Crippen LogP contribution in [0.4, 0.5) is 0 Å². The lowest BCUT2D eigenvalue weighted by Crippen LogP contribution is -2.37. The van der Waals surface area contributed by atoms with Crippen LogP contribution in [0.1, 0.15) is 50.3 Å². The fraction of sp³-hybridized carbons (Fsp3) is 0.231. The zero-order valence-electron chi connectivity index (χ0n) is 27.7. The van der Waals surface area contributed by atoms with E-state index < -0.39 is 17.9 Å². The Morgan fingerprint density at radius 3 is 2.35 bits per heavy atom. The van der Waals surface area contributed by atoms with Gasteiger partial charge in [-0.25, -0.2) is 4.68 Å². The number of carbonyl (C=O) groups is 2. The molecule has 3 aliphatic rings. The molecule has 12 nitrogen and oxygen atoms in total. The molecule has 0 amide bonds. The van der Waals surface area contributed by atoms with Crippen LogP contribution in [-0.2, 0) is 16.1 Å². The van der Waals surface area contributed by atoms with Gasteiger partial charge in [0.15, 0.2) is 28.8 Å². The number of methoxy groups -OCH3 is 2. The molecule has 1 fully saturated rings. The third-order valence-corrected chi connectivity index (χ3v) is 9.60. The first kappa shape index (κ1) is 31.9. The van der Waals surface area contributed by atoms with Crippen molar-refractivity contribution in [2.45, 2.75) is 18.6 Å². The maximum atomic E-state index is 13.5. The second-order valence-electron chi connectivity index (χ2n) is 12.5. The molecule has 0 unspecified atom stereocenters. The van der Waals surface area contributed by atoms with Crippen molar-refractivity contribution in [2.24, 2.45) is 11.8 Å². The van der Waals surface area contributed by atoms with Gasteiger partial charge in [-0.15, -0.1) is 5.10 Å². The summed E-state index contributed by atoms with van der Waals surface area (Å²) in [5.74, 6) is 0.172. The molecule has 2 aliphatic heterocycles. The van der Waals surface area contributed by atoms with Gasteiger partial charge in [0.2, 0.25) is 12.5 Å². The fourth-order valence-corrected chi connectivity index (χ4v) is 7.19. The van der Waals surface area contributed by atoms with Crippen molar-refractivity contribution in [1.82, 2.24) is 15.0 Å². The number of hydrogen-bond donors (Lipinski definition) is 1. The number of carbonyl (C=O) groups excluding carboxylic acids is 2. The van der Waals surface area contributed by atoms with Gasteiger partial charge >= 0.3 is 5.97 Å². The molecule has 1 aliphatic carbocycles. The highest BCUT2D eigenvalue weighted by molar-refractivity contribution is 6.06. The molecule has 5 aromatic rings. The molecule has 1 saturated heterocycles. The van der Waals surface area contributed by atoms with Gasteiger partial charge < -0.3 is 33.5 Å². The Bertz CT molecular complexity index is 2120.